The van der Waals surface area contributed by atoms with Gasteiger partial charge >= 0.3 is 0 Å². The zero-order valence-electron chi connectivity index (χ0n) is 19.2. The van der Waals surface area contributed by atoms with Gasteiger partial charge in [-0.3, -0.25) is 9.59 Å². The number of nitrogens with one attached hydrogen (secondary N) is 2. The van der Waals surface area contributed by atoms with Crippen LogP contribution in [-0.4, -0.2) is 36.6 Å². The molecule has 0 aliphatic carbocycles. The third-order valence-electron chi connectivity index (χ3n) is 5.42. The molecule has 6 nitrogen and oxygen atoms in total. The molecule has 3 rings (SSSR count). The Balaban J connectivity index is 1.75. The molecule has 0 radical (unpaired) electrons. The van der Waals surface area contributed by atoms with E-state index in [1.807, 2.05) is 54.6 Å². The molecule has 2 N–H and O–H groups in total. The lowest BCUT2D eigenvalue weighted by Gasteiger charge is -2.13. The number of methoxy groups -OCH3 is 1. The van der Waals surface area contributed by atoms with Crippen LogP contribution in [0.15, 0.2) is 54.6 Å². The lowest BCUT2D eigenvalue weighted by molar-refractivity contribution is -0.116. The van der Waals surface area contributed by atoms with Gasteiger partial charge in [0.25, 0.3) is 5.91 Å². The summed E-state index contributed by atoms with van der Waals surface area (Å²) in [6, 6.07) is 17.7. The van der Waals surface area contributed by atoms with Gasteiger partial charge in [0.1, 0.15) is 5.69 Å². The summed E-state index contributed by atoms with van der Waals surface area (Å²) in [7, 11) is 1.61. The molecule has 3 aromatic rings. The number of ether oxygens (including phenoxy) is 1. The van der Waals surface area contributed by atoms with Crippen LogP contribution in [0.25, 0.3) is 10.9 Å². The Morgan fingerprint density at radius 2 is 1.84 bits per heavy atom. The number of nitrogens with zero attached hydrogens (tertiary/aromatic N) is 1. The van der Waals surface area contributed by atoms with Crippen molar-refractivity contribution in [3.63, 3.8) is 0 Å². The molecule has 6 heteroatoms. The Hall–Kier alpha value is -3.12. The maximum Gasteiger partial charge on any atom is 0.268 e. The van der Waals surface area contributed by atoms with Crippen LogP contribution in [0.3, 0.4) is 0 Å². The van der Waals surface area contributed by atoms with Crippen molar-refractivity contribution >= 4 is 28.4 Å². The average molecular weight is 436 g/mol. The van der Waals surface area contributed by atoms with E-state index in [0.717, 1.165) is 35.1 Å². The lowest BCUT2D eigenvalue weighted by Crippen LogP contribution is -2.29. The first-order chi connectivity index (χ1) is 15.5. The van der Waals surface area contributed by atoms with Gasteiger partial charge in [0, 0.05) is 43.2 Å². The summed E-state index contributed by atoms with van der Waals surface area (Å²) in [5.74, 6) is 0.389. The summed E-state index contributed by atoms with van der Waals surface area (Å²) in [6.07, 6.45) is 2.09. The minimum Gasteiger partial charge on any atom is -0.383 e. The van der Waals surface area contributed by atoms with Crippen molar-refractivity contribution in [2.45, 2.75) is 39.7 Å². The molecule has 0 bridgehead atoms. The topological polar surface area (TPSA) is 72.4 Å². The van der Waals surface area contributed by atoms with E-state index in [4.69, 9.17) is 4.74 Å². The Bertz CT molecular complexity index is 1040. The fraction of sp³-hybridized carbons (Fsp3) is 0.385. The third-order valence-corrected chi connectivity index (χ3v) is 5.42. The van der Waals surface area contributed by atoms with Crippen molar-refractivity contribution in [1.82, 2.24) is 9.88 Å². The molecule has 32 heavy (non-hydrogen) atoms. The van der Waals surface area contributed by atoms with Crippen LogP contribution in [0.4, 0.5) is 5.69 Å². The molecule has 0 unspecified atom stereocenters. The Labute approximate surface area is 190 Å². The van der Waals surface area contributed by atoms with E-state index in [0.29, 0.717) is 37.6 Å². The van der Waals surface area contributed by atoms with Crippen molar-refractivity contribution in [3.8, 4) is 0 Å². The zero-order valence-corrected chi connectivity index (χ0v) is 19.2. The fourth-order valence-corrected chi connectivity index (χ4v) is 3.65. The molecule has 1 aromatic heterocycles. The predicted octanol–water partition coefficient (Wildman–Crippen LogP) is 4.63. The minimum atomic E-state index is -0.115. The molecule has 170 valence electrons. The van der Waals surface area contributed by atoms with Gasteiger partial charge in [-0.05, 0) is 48.6 Å². The normalized spacial score (nSPS) is 11.1. The fourth-order valence-electron chi connectivity index (χ4n) is 3.65. The third kappa shape index (κ3) is 6.44. The molecule has 0 aliphatic rings. The van der Waals surface area contributed by atoms with Crippen molar-refractivity contribution < 1.29 is 14.3 Å². The zero-order chi connectivity index (χ0) is 22.9. The largest absolute Gasteiger partial charge is 0.383 e. The van der Waals surface area contributed by atoms with E-state index in [1.54, 1.807) is 7.11 Å². The van der Waals surface area contributed by atoms with Gasteiger partial charge in [-0.1, -0.05) is 44.2 Å². The van der Waals surface area contributed by atoms with E-state index >= 15 is 0 Å². The maximum absolute atomic E-state index is 12.8. The number of rotatable bonds is 11. The van der Waals surface area contributed by atoms with Gasteiger partial charge in [0.2, 0.25) is 5.91 Å². The van der Waals surface area contributed by atoms with Gasteiger partial charge in [-0.2, -0.15) is 0 Å². The molecule has 0 saturated carbocycles. The summed E-state index contributed by atoms with van der Waals surface area (Å²) in [6.45, 7) is 6.04. The molecule has 0 saturated heterocycles. The first-order valence-corrected chi connectivity index (χ1v) is 11.2. The number of hydrogen-bond acceptors (Lipinski definition) is 3. The first-order valence-electron chi connectivity index (χ1n) is 11.2. The number of fused-ring (bicyclic) bond motifs is 1. The van der Waals surface area contributed by atoms with Crippen LogP contribution in [0.5, 0.6) is 0 Å². The summed E-state index contributed by atoms with van der Waals surface area (Å²) >= 11 is 0. The molecule has 0 fully saturated rings. The quantitative estimate of drug-likeness (QED) is 0.431. The summed E-state index contributed by atoms with van der Waals surface area (Å²) in [4.78, 5) is 25.2. The second-order valence-corrected chi connectivity index (χ2v) is 8.42. The molecule has 2 amide bonds. The van der Waals surface area contributed by atoms with Crippen LogP contribution in [0, 0.1) is 5.92 Å². The van der Waals surface area contributed by atoms with Crippen molar-refractivity contribution in [3.05, 3.63) is 65.9 Å². The molecular formula is C26H33N3O3. The maximum atomic E-state index is 12.8. The van der Waals surface area contributed by atoms with Crippen molar-refractivity contribution in [2.75, 3.05) is 25.6 Å². The van der Waals surface area contributed by atoms with Gasteiger partial charge in [-0.15, -0.1) is 0 Å². The van der Waals surface area contributed by atoms with Crippen molar-refractivity contribution in [2.24, 2.45) is 5.92 Å². The van der Waals surface area contributed by atoms with Crippen LogP contribution < -0.4 is 10.6 Å². The number of benzene rings is 2. The highest BCUT2D eigenvalue weighted by molar-refractivity contribution is 6.00. The Kier molecular flexibility index (Phi) is 8.45. The van der Waals surface area contributed by atoms with Crippen LogP contribution >= 0.6 is 0 Å². The van der Waals surface area contributed by atoms with Crippen LogP contribution in [0.1, 0.15) is 42.7 Å². The number of anilines is 1. The molecule has 1 heterocycles. The highest BCUT2D eigenvalue weighted by Gasteiger charge is 2.16. The van der Waals surface area contributed by atoms with Gasteiger partial charge in [-0.25, -0.2) is 0 Å². The highest BCUT2D eigenvalue weighted by Crippen LogP contribution is 2.25. The van der Waals surface area contributed by atoms with Gasteiger partial charge in [0.15, 0.2) is 0 Å². The number of carbonyl (C=O) groups is 2. The molecular weight excluding hydrogens is 402 g/mol. The molecule has 0 spiro atoms. The van der Waals surface area contributed by atoms with Gasteiger partial charge in [0.05, 0.1) is 6.61 Å². The number of aromatic nitrogens is 1. The highest BCUT2D eigenvalue weighted by atomic mass is 16.5. The summed E-state index contributed by atoms with van der Waals surface area (Å²) in [5.41, 5.74) is 3.50. The van der Waals surface area contributed by atoms with Crippen LogP contribution in [-0.2, 0) is 22.5 Å². The number of amides is 2. The number of hydrogen-bond donors (Lipinski definition) is 2. The van der Waals surface area contributed by atoms with Crippen LogP contribution in [0.2, 0.25) is 0 Å². The Morgan fingerprint density at radius 3 is 2.56 bits per heavy atom. The van der Waals surface area contributed by atoms with E-state index in [9.17, 15) is 9.59 Å². The summed E-state index contributed by atoms with van der Waals surface area (Å²) < 4.78 is 7.10. The predicted molar refractivity (Wildman–Crippen MR) is 129 cm³/mol. The van der Waals surface area contributed by atoms with E-state index in [1.165, 1.54) is 0 Å². The smallest absolute Gasteiger partial charge is 0.268 e. The molecule has 0 aliphatic heterocycles. The van der Waals surface area contributed by atoms with E-state index in [2.05, 4.69) is 29.0 Å². The van der Waals surface area contributed by atoms with Gasteiger partial charge < -0.3 is 19.9 Å². The second-order valence-electron chi connectivity index (χ2n) is 8.42. The molecule has 0 atom stereocenters. The first kappa shape index (κ1) is 23.5. The number of aryl methyl sites for hydroxylation is 2. The molecule has 2 aromatic carbocycles. The summed E-state index contributed by atoms with van der Waals surface area (Å²) in [5, 5.41) is 6.84. The minimum absolute atomic E-state index is 0.0232. The Morgan fingerprint density at radius 1 is 1.06 bits per heavy atom. The second kappa shape index (κ2) is 11.5. The van der Waals surface area contributed by atoms with E-state index < -0.39 is 0 Å². The average Bonchev–Trinajstić information content (AvgIpc) is 3.15. The number of carbonyl (C=O) groups excluding carboxylic acids is 2. The lowest BCUT2D eigenvalue weighted by atomic mass is 10.1. The SMILES string of the molecule is COCCNC(=O)c1cc2cc(NC(=O)CCc3ccccc3)ccc2n1CCC(C)C. The standard InChI is InChI=1S/C26H33N3O3/c1-19(2)13-15-29-23-11-10-22(28-25(30)12-9-20-7-5-4-6-8-20)17-21(23)18-24(29)26(31)27-14-16-32-3/h4-8,10-11,17-19H,9,12-16H2,1-3H3,(H,27,31)(H,28,30). The van der Waals surface area contributed by atoms with E-state index in [-0.39, 0.29) is 11.8 Å². The monoisotopic (exact) mass is 435 g/mol. The van der Waals surface area contributed by atoms with Crippen molar-refractivity contribution in [1.29, 1.82) is 0 Å².